The van der Waals surface area contributed by atoms with Gasteiger partial charge in [-0.2, -0.15) is 0 Å². The van der Waals surface area contributed by atoms with E-state index in [1.807, 2.05) is 9.80 Å². The number of amides is 2. The van der Waals surface area contributed by atoms with Gasteiger partial charge in [0.25, 0.3) is 0 Å². The summed E-state index contributed by atoms with van der Waals surface area (Å²) in [7, 11) is 0. The number of piperidine rings is 1. The molecule has 2 amide bonds. The molecule has 3 fully saturated rings. The number of nitrogens with zero attached hydrogens (tertiary/aromatic N) is 3. The normalized spacial score (nSPS) is 29.5. The van der Waals surface area contributed by atoms with Crippen LogP contribution in [0.1, 0.15) is 19.8 Å². The van der Waals surface area contributed by atoms with Crippen LogP contribution in [0.5, 0.6) is 0 Å². The number of carbonyl (C=O) groups excluding carboxylic acids is 2. The van der Waals surface area contributed by atoms with Gasteiger partial charge < -0.3 is 19.9 Å². The molecule has 0 bridgehead atoms. The van der Waals surface area contributed by atoms with E-state index in [9.17, 15) is 9.59 Å². The third kappa shape index (κ3) is 4.46. The molecule has 0 spiro atoms. The Bertz CT molecular complexity index is 445. The van der Waals surface area contributed by atoms with E-state index < -0.39 is 0 Å². The Morgan fingerprint density at radius 2 is 1.75 bits per heavy atom. The Kier molecular flexibility index (Phi) is 6.08. The molecule has 0 saturated carbocycles. The Morgan fingerprint density at radius 1 is 1.04 bits per heavy atom. The van der Waals surface area contributed by atoms with E-state index in [-0.39, 0.29) is 11.8 Å². The summed E-state index contributed by atoms with van der Waals surface area (Å²) < 4.78 is 5.29. The highest BCUT2D eigenvalue weighted by atomic mass is 16.5. The maximum Gasteiger partial charge on any atom is 0.236 e. The van der Waals surface area contributed by atoms with Gasteiger partial charge >= 0.3 is 0 Å². The largest absolute Gasteiger partial charge is 0.378 e. The summed E-state index contributed by atoms with van der Waals surface area (Å²) in [6, 6.07) is 0.431. The molecule has 3 aliphatic heterocycles. The average molecular weight is 338 g/mol. The lowest BCUT2D eigenvalue weighted by Gasteiger charge is -2.38. The fourth-order valence-electron chi connectivity index (χ4n) is 3.84. The van der Waals surface area contributed by atoms with E-state index in [0.717, 1.165) is 45.6 Å². The van der Waals surface area contributed by atoms with Gasteiger partial charge in [0.1, 0.15) is 0 Å². The maximum absolute atomic E-state index is 12.7. The number of hydrogen-bond acceptors (Lipinski definition) is 5. The molecule has 136 valence electrons. The molecular formula is C17H30N4O3. The first-order chi connectivity index (χ1) is 11.6. The second-order valence-corrected chi connectivity index (χ2v) is 7.17. The third-order valence-electron chi connectivity index (χ3n) is 5.38. The number of morpholine rings is 1. The fourth-order valence-corrected chi connectivity index (χ4v) is 3.84. The Labute approximate surface area is 144 Å². The molecule has 7 nitrogen and oxygen atoms in total. The number of piperazine rings is 1. The molecule has 7 heteroatoms. The molecule has 0 aromatic heterocycles. The number of nitrogens with one attached hydrogen (secondary N) is 1. The van der Waals surface area contributed by atoms with Gasteiger partial charge in [0.2, 0.25) is 11.8 Å². The lowest BCUT2D eigenvalue weighted by molar-refractivity contribution is -0.140. The van der Waals surface area contributed by atoms with E-state index in [0.29, 0.717) is 44.8 Å². The topological polar surface area (TPSA) is 65.1 Å². The Balaban J connectivity index is 1.42. The van der Waals surface area contributed by atoms with Crippen molar-refractivity contribution in [1.29, 1.82) is 0 Å². The minimum absolute atomic E-state index is 0.169. The molecule has 0 aromatic rings. The van der Waals surface area contributed by atoms with Crippen LogP contribution in [0.3, 0.4) is 0 Å². The van der Waals surface area contributed by atoms with Crippen LogP contribution in [0, 0.1) is 5.92 Å². The van der Waals surface area contributed by atoms with Crippen molar-refractivity contribution in [3.8, 4) is 0 Å². The molecule has 0 unspecified atom stereocenters. The zero-order chi connectivity index (χ0) is 16.9. The summed E-state index contributed by atoms with van der Waals surface area (Å²) in [4.78, 5) is 31.0. The van der Waals surface area contributed by atoms with Gasteiger partial charge in [0.05, 0.1) is 19.8 Å². The van der Waals surface area contributed by atoms with Crippen LogP contribution in [0.25, 0.3) is 0 Å². The zero-order valence-electron chi connectivity index (χ0n) is 14.7. The molecule has 1 N–H and O–H groups in total. The number of rotatable bonds is 3. The Hall–Kier alpha value is -1.18. The quantitative estimate of drug-likeness (QED) is 0.743. The smallest absolute Gasteiger partial charge is 0.236 e. The van der Waals surface area contributed by atoms with Crippen LogP contribution in [-0.4, -0.2) is 98.1 Å². The van der Waals surface area contributed by atoms with Crippen molar-refractivity contribution in [2.45, 2.75) is 25.8 Å². The van der Waals surface area contributed by atoms with Crippen LogP contribution < -0.4 is 5.32 Å². The first-order valence-electron chi connectivity index (χ1n) is 9.23. The summed E-state index contributed by atoms with van der Waals surface area (Å²) in [6.07, 6.45) is 1.88. The van der Waals surface area contributed by atoms with E-state index >= 15 is 0 Å². The monoisotopic (exact) mass is 338 g/mol. The van der Waals surface area contributed by atoms with Crippen molar-refractivity contribution in [3.63, 3.8) is 0 Å². The number of carbonyl (C=O) groups is 2. The van der Waals surface area contributed by atoms with Crippen molar-refractivity contribution < 1.29 is 14.3 Å². The SMILES string of the molecule is C[C@H]1C[C@@H](C(=O)N2CCN(CC(=O)N3CCOCC3)CC2)CCN1. The van der Waals surface area contributed by atoms with Gasteiger partial charge in [-0.3, -0.25) is 14.5 Å². The molecule has 24 heavy (non-hydrogen) atoms. The highest BCUT2D eigenvalue weighted by Gasteiger charge is 2.31. The average Bonchev–Trinajstić information content (AvgIpc) is 2.62. The molecule has 0 aliphatic carbocycles. The fraction of sp³-hybridized carbons (Fsp3) is 0.882. The molecule has 3 rings (SSSR count). The summed E-state index contributed by atoms with van der Waals surface area (Å²) >= 11 is 0. The van der Waals surface area contributed by atoms with Crippen molar-refractivity contribution in [1.82, 2.24) is 20.0 Å². The first-order valence-corrected chi connectivity index (χ1v) is 9.23. The summed E-state index contributed by atoms with van der Waals surface area (Å²) in [6.45, 7) is 9.31. The van der Waals surface area contributed by atoms with Crippen LogP contribution in [-0.2, 0) is 14.3 Å². The summed E-state index contributed by atoms with van der Waals surface area (Å²) in [5, 5.41) is 3.40. The van der Waals surface area contributed by atoms with Gasteiger partial charge in [-0.05, 0) is 26.3 Å². The zero-order valence-corrected chi connectivity index (χ0v) is 14.7. The van der Waals surface area contributed by atoms with E-state index in [1.165, 1.54) is 0 Å². The van der Waals surface area contributed by atoms with Gasteiger partial charge in [-0.25, -0.2) is 0 Å². The molecule has 2 atom stereocenters. The highest BCUT2D eigenvalue weighted by molar-refractivity contribution is 5.80. The van der Waals surface area contributed by atoms with Crippen LogP contribution >= 0.6 is 0 Å². The lowest BCUT2D eigenvalue weighted by atomic mass is 9.92. The van der Waals surface area contributed by atoms with Crippen LogP contribution in [0.15, 0.2) is 0 Å². The molecule has 3 saturated heterocycles. The van der Waals surface area contributed by atoms with Crippen molar-refractivity contribution in [3.05, 3.63) is 0 Å². The second-order valence-electron chi connectivity index (χ2n) is 7.17. The standard InChI is InChI=1S/C17H30N4O3/c1-14-12-15(2-3-18-14)17(23)21-6-4-19(5-7-21)13-16(22)20-8-10-24-11-9-20/h14-15,18H,2-13H2,1H3/t14-,15-/m0/s1. The van der Waals surface area contributed by atoms with Gasteiger partial charge in [0, 0.05) is 51.2 Å². The van der Waals surface area contributed by atoms with Gasteiger partial charge in [-0.1, -0.05) is 0 Å². The van der Waals surface area contributed by atoms with Gasteiger partial charge in [0.15, 0.2) is 0 Å². The third-order valence-corrected chi connectivity index (χ3v) is 5.38. The van der Waals surface area contributed by atoms with Gasteiger partial charge in [-0.15, -0.1) is 0 Å². The number of ether oxygens (including phenoxy) is 1. The van der Waals surface area contributed by atoms with E-state index in [2.05, 4.69) is 17.1 Å². The summed E-state index contributed by atoms with van der Waals surface area (Å²) in [5.74, 6) is 0.663. The number of hydrogen-bond donors (Lipinski definition) is 1. The Morgan fingerprint density at radius 3 is 2.42 bits per heavy atom. The van der Waals surface area contributed by atoms with Crippen molar-refractivity contribution >= 4 is 11.8 Å². The van der Waals surface area contributed by atoms with E-state index in [4.69, 9.17) is 4.74 Å². The molecule has 3 heterocycles. The lowest BCUT2D eigenvalue weighted by Crippen LogP contribution is -2.54. The predicted molar refractivity (Wildman–Crippen MR) is 90.6 cm³/mol. The van der Waals surface area contributed by atoms with Crippen LogP contribution in [0.2, 0.25) is 0 Å². The first kappa shape index (κ1) is 17.6. The second kappa shape index (κ2) is 8.27. The van der Waals surface area contributed by atoms with Crippen molar-refractivity contribution in [2.75, 3.05) is 65.6 Å². The summed E-state index contributed by atoms with van der Waals surface area (Å²) in [5.41, 5.74) is 0. The molecule has 0 aromatic carbocycles. The van der Waals surface area contributed by atoms with Crippen molar-refractivity contribution in [2.24, 2.45) is 5.92 Å². The minimum Gasteiger partial charge on any atom is -0.378 e. The predicted octanol–water partition coefficient (Wildman–Crippen LogP) is -0.622. The maximum atomic E-state index is 12.7. The highest BCUT2D eigenvalue weighted by Crippen LogP contribution is 2.19. The van der Waals surface area contributed by atoms with E-state index in [1.54, 1.807) is 0 Å². The molecule has 3 aliphatic rings. The molecular weight excluding hydrogens is 308 g/mol. The molecule has 0 radical (unpaired) electrons. The van der Waals surface area contributed by atoms with Crippen LogP contribution in [0.4, 0.5) is 0 Å². The minimum atomic E-state index is 0.169.